The molecule has 2 aliphatic heterocycles. The second-order valence-corrected chi connectivity index (χ2v) is 8.57. The Kier molecular flexibility index (Phi) is 4.00. The summed E-state index contributed by atoms with van der Waals surface area (Å²) < 4.78 is 5.99. The van der Waals surface area contributed by atoms with E-state index in [1.807, 2.05) is 41.3 Å². The number of carbonyl (C=O) groups excluding carboxylic acids is 2. The molecule has 1 aromatic heterocycles. The molecule has 0 bridgehead atoms. The first-order chi connectivity index (χ1) is 13.9. The molecule has 5 rings (SSSR count). The number of fused-ring (bicyclic) bond motifs is 3. The van der Waals surface area contributed by atoms with Gasteiger partial charge in [0.15, 0.2) is 0 Å². The highest BCUT2D eigenvalue weighted by Crippen LogP contribution is 2.50. The normalized spacial score (nSPS) is 26.0. The van der Waals surface area contributed by atoms with Crippen LogP contribution in [0, 0.1) is 11.8 Å². The summed E-state index contributed by atoms with van der Waals surface area (Å²) in [6.07, 6.45) is 1.74. The van der Waals surface area contributed by atoms with Gasteiger partial charge >= 0.3 is 5.97 Å². The number of benzene rings is 2. The van der Waals surface area contributed by atoms with Crippen molar-refractivity contribution in [3.63, 3.8) is 0 Å². The minimum Gasteiger partial charge on any atom is -0.450 e. The van der Waals surface area contributed by atoms with Crippen molar-refractivity contribution in [1.82, 2.24) is 9.88 Å². The van der Waals surface area contributed by atoms with Gasteiger partial charge in [-0.05, 0) is 18.2 Å². The largest absolute Gasteiger partial charge is 0.450 e. The lowest BCUT2D eigenvalue weighted by molar-refractivity contribution is -0.105. The fourth-order valence-electron chi connectivity index (χ4n) is 5.10. The van der Waals surface area contributed by atoms with Crippen LogP contribution in [-0.2, 0) is 10.3 Å². The number of H-pyrrole nitrogens is 1. The van der Waals surface area contributed by atoms with Gasteiger partial charge < -0.3 is 14.6 Å². The van der Waals surface area contributed by atoms with Crippen LogP contribution in [0.3, 0.4) is 0 Å². The van der Waals surface area contributed by atoms with E-state index in [1.165, 1.54) is 0 Å². The fourth-order valence-corrected chi connectivity index (χ4v) is 5.27. The summed E-state index contributed by atoms with van der Waals surface area (Å²) >= 11 is 6.06. The third kappa shape index (κ3) is 2.53. The standard InChI is InChI=1S/C23H21ClN2O3/c1-13-11-26(21(27)18-10-25-20-9-15(24)7-8-16(18)20)12-14(2)23(13)19-6-4-3-5-17(19)22(28)29-23/h3-10,13-14,25H,11-12H2,1-2H3. The van der Waals surface area contributed by atoms with E-state index in [-0.39, 0.29) is 23.7 Å². The molecule has 0 aliphatic carbocycles. The number of aromatic nitrogens is 1. The van der Waals surface area contributed by atoms with Crippen LogP contribution in [-0.4, -0.2) is 34.8 Å². The van der Waals surface area contributed by atoms with Crippen LogP contribution in [0.25, 0.3) is 10.9 Å². The number of likely N-dealkylation sites (tertiary alicyclic amines) is 1. The number of hydrogen-bond donors (Lipinski definition) is 1. The van der Waals surface area contributed by atoms with Gasteiger partial charge in [-0.15, -0.1) is 0 Å². The van der Waals surface area contributed by atoms with Crippen LogP contribution in [0.1, 0.15) is 40.1 Å². The quantitative estimate of drug-likeness (QED) is 0.598. The van der Waals surface area contributed by atoms with Gasteiger partial charge in [0.25, 0.3) is 5.91 Å². The van der Waals surface area contributed by atoms with Crippen molar-refractivity contribution in [3.05, 3.63) is 70.4 Å². The number of halogens is 1. The molecule has 0 saturated carbocycles. The number of ether oxygens (including phenoxy) is 1. The second-order valence-electron chi connectivity index (χ2n) is 8.13. The van der Waals surface area contributed by atoms with Crippen molar-refractivity contribution < 1.29 is 14.3 Å². The van der Waals surface area contributed by atoms with Gasteiger partial charge in [0.05, 0.1) is 11.1 Å². The number of nitrogens with one attached hydrogen (secondary N) is 1. The Labute approximate surface area is 173 Å². The topological polar surface area (TPSA) is 62.4 Å². The lowest BCUT2D eigenvalue weighted by Crippen LogP contribution is -2.56. The molecule has 0 radical (unpaired) electrons. The maximum atomic E-state index is 13.3. The summed E-state index contributed by atoms with van der Waals surface area (Å²) in [5, 5.41) is 1.49. The van der Waals surface area contributed by atoms with Crippen LogP contribution < -0.4 is 0 Å². The first kappa shape index (κ1) is 18.3. The number of rotatable bonds is 1. The van der Waals surface area contributed by atoms with Gasteiger partial charge in [0.1, 0.15) is 5.60 Å². The third-order valence-electron chi connectivity index (χ3n) is 6.44. The van der Waals surface area contributed by atoms with Crippen molar-refractivity contribution in [2.24, 2.45) is 11.8 Å². The summed E-state index contributed by atoms with van der Waals surface area (Å²) in [4.78, 5) is 30.8. The fraction of sp³-hybridized carbons (Fsp3) is 0.304. The van der Waals surface area contributed by atoms with Crippen LogP contribution in [0.2, 0.25) is 5.02 Å². The Morgan fingerprint density at radius 1 is 1.17 bits per heavy atom. The first-order valence-electron chi connectivity index (χ1n) is 9.80. The molecule has 148 valence electrons. The Balaban J connectivity index is 1.48. The van der Waals surface area contributed by atoms with Crippen molar-refractivity contribution in [2.75, 3.05) is 13.1 Å². The van der Waals surface area contributed by atoms with Crippen molar-refractivity contribution in [1.29, 1.82) is 0 Å². The number of amides is 1. The van der Waals surface area contributed by atoms with Crippen LogP contribution >= 0.6 is 11.6 Å². The SMILES string of the molecule is CC1CN(C(=O)c2c[nH]c3cc(Cl)ccc23)CC(C)C12OC(=O)c1ccccc12. The number of esters is 1. The van der Waals surface area contributed by atoms with E-state index < -0.39 is 5.60 Å². The number of piperidine rings is 1. The van der Waals surface area contributed by atoms with E-state index in [9.17, 15) is 9.59 Å². The number of nitrogens with zero attached hydrogens (tertiary/aromatic N) is 1. The molecule has 2 aliphatic rings. The average molecular weight is 409 g/mol. The zero-order chi connectivity index (χ0) is 20.3. The highest BCUT2D eigenvalue weighted by atomic mass is 35.5. The molecule has 1 spiro atoms. The van der Waals surface area contributed by atoms with Crippen LogP contribution in [0.5, 0.6) is 0 Å². The van der Waals surface area contributed by atoms with E-state index in [2.05, 4.69) is 18.8 Å². The lowest BCUT2D eigenvalue weighted by atomic mass is 9.70. The van der Waals surface area contributed by atoms with Crippen LogP contribution in [0.15, 0.2) is 48.7 Å². The summed E-state index contributed by atoms with van der Waals surface area (Å²) in [6, 6.07) is 13.1. The molecular formula is C23H21ClN2O3. The highest BCUT2D eigenvalue weighted by Gasteiger charge is 2.56. The second kappa shape index (κ2) is 6.36. The lowest BCUT2D eigenvalue weighted by Gasteiger charge is -2.48. The maximum Gasteiger partial charge on any atom is 0.339 e. The van der Waals surface area contributed by atoms with Gasteiger partial charge in [-0.2, -0.15) is 0 Å². The third-order valence-corrected chi connectivity index (χ3v) is 6.68. The minimum atomic E-state index is -0.682. The van der Waals surface area contributed by atoms with E-state index in [0.29, 0.717) is 29.2 Å². The molecule has 3 heterocycles. The molecule has 1 saturated heterocycles. The smallest absolute Gasteiger partial charge is 0.339 e. The predicted octanol–water partition coefficient (Wildman–Crippen LogP) is 4.62. The van der Waals surface area contributed by atoms with Gasteiger partial charge in [-0.3, -0.25) is 4.79 Å². The molecule has 2 unspecified atom stereocenters. The van der Waals surface area contributed by atoms with Gasteiger partial charge in [0.2, 0.25) is 0 Å². The molecule has 6 heteroatoms. The van der Waals surface area contributed by atoms with Crippen LogP contribution in [0.4, 0.5) is 0 Å². The Bertz CT molecular complexity index is 1140. The summed E-state index contributed by atoms with van der Waals surface area (Å²) in [5.41, 5.74) is 2.38. The molecule has 2 aromatic carbocycles. The van der Waals surface area contributed by atoms with Gasteiger partial charge in [-0.1, -0.05) is 49.7 Å². The molecule has 3 aromatic rings. The Morgan fingerprint density at radius 2 is 1.90 bits per heavy atom. The predicted molar refractivity (Wildman–Crippen MR) is 111 cm³/mol. The number of hydrogen-bond acceptors (Lipinski definition) is 3. The average Bonchev–Trinajstić information content (AvgIpc) is 3.25. The van der Waals surface area contributed by atoms with Gasteiger partial charge in [-0.25, -0.2) is 4.79 Å². The van der Waals surface area contributed by atoms with Crippen molar-refractivity contribution >= 4 is 34.4 Å². The number of aromatic amines is 1. The maximum absolute atomic E-state index is 13.3. The Hall–Kier alpha value is -2.79. The van der Waals surface area contributed by atoms with E-state index in [4.69, 9.17) is 16.3 Å². The highest BCUT2D eigenvalue weighted by molar-refractivity contribution is 6.31. The molecule has 29 heavy (non-hydrogen) atoms. The minimum absolute atomic E-state index is 0.0234. The molecule has 5 nitrogen and oxygen atoms in total. The van der Waals surface area contributed by atoms with E-state index >= 15 is 0 Å². The molecule has 1 fully saturated rings. The molecule has 1 amide bonds. The summed E-state index contributed by atoms with van der Waals surface area (Å²) in [7, 11) is 0. The van der Waals surface area contributed by atoms with E-state index in [1.54, 1.807) is 12.3 Å². The van der Waals surface area contributed by atoms with Crippen molar-refractivity contribution in [3.8, 4) is 0 Å². The molecular weight excluding hydrogens is 388 g/mol. The zero-order valence-corrected chi connectivity index (χ0v) is 17.0. The first-order valence-corrected chi connectivity index (χ1v) is 10.2. The molecule has 2 atom stereocenters. The monoisotopic (exact) mass is 408 g/mol. The van der Waals surface area contributed by atoms with E-state index in [0.717, 1.165) is 16.5 Å². The molecule has 1 N–H and O–H groups in total. The summed E-state index contributed by atoms with van der Waals surface area (Å²) in [5.74, 6) is -0.345. The van der Waals surface area contributed by atoms with Crippen molar-refractivity contribution in [2.45, 2.75) is 19.4 Å². The van der Waals surface area contributed by atoms with Gasteiger partial charge in [0, 0.05) is 52.6 Å². The number of carbonyl (C=O) groups is 2. The summed E-state index contributed by atoms with van der Waals surface area (Å²) in [6.45, 7) is 5.15. The zero-order valence-electron chi connectivity index (χ0n) is 16.2. The Morgan fingerprint density at radius 3 is 2.66 bits per heavy atom.